The van der Waals surface area contributed by atoms with Crippen molar-refractivity contribution in [3.8, 4) is 5.82 Å². The fourth-order valence-electron chi connectivity index (χ4n) is 12.4. The van der Waals surface area contributed by atoms with E-state index in [4.69, 9.17) is 24.1 Å². The Labute approximate surface area is 755 Å². The Morgan fingerprint density at radius 3 is 1.42 bits per heavy atom. The van der Waals surface area contributed by atoms with E-state index in [0.29, 0.717) is 56.4 Å². The Bertz CT molecular complexity index is 4850. The van der Waals surface area contributed by atoms with Crippen LogP contribution < -0.4 is 4.68 Å². The average molecular weight is 1770 g/mol. The van der Waals surface area contributed by atoms with E-state index in [2.05, 4.69) is 257 Å². The van der Waals surface area contributed by atoms with Crippen molar-refractivity contribution < 1.29 is 55.9 Å². The van der Waals surface area contributed by atoms with Gasteiger partial charge in [0, 0.05) is 82.9 Å². The number of nitrogens with one attached hydrogen (secondary N) is 1. The second kappa shape index (κ2) is 45.6. The number of H-pyrrole nitrogens is 1. The molecule has 5 atom stereocenters. The van der Waals surface area contributed by atoms with Gasteiger partial charge in [0.2, 0.25) is 5.95 Å². The fourth-order valence-corrected chi connectivity index (χ4v) is 12.4. The molecule has 1 amide bonds. The van der Waals surface area contributed by atoms with Gasteiger partial charge in [0.1, 0.15) is 18.2 Å². The molecule has 2 saturated heterocycles. The van der Waals surface area contributed by atoms with Crippen molar-refractivity contribution in [2.75, 3.05) is 53.7 Å². The molecule has 25 nitrogen and oxygen atoms in total. The van der Waals surface area contributed by atoms with Crippen molar-refractivity contribution in [3.63, 3.8) is 0 Å². The average Bonchev–Trinajstić information content (AvgIpc) is 1.69. The molecule has 2 fully saturated rings. The summed E-state index contributed by atoms with van der Waals surface area (Å²) in [4.78, 5) is 28.8. The van der Waals surface area contributed by atoms with E-state index in [-0.39, 0.29) is 67.6 Å². The van der Waals surface area contributed by atoms with Crippen LogP contribution in [0.5, 0.6) is 0 Å². The molecule has 0 radical (unpaired) electrons. The monoisotopic (exact) mass is 1770 g/mol. The summed E-state index contributed by atoms with van der Waals surface area (Å²) in [6.45, 7) is 71.2. The molecule has 127 heavy (non-hydrogen) atoms. The lowest BCUT2D eigenvalue weighted by Gasteiger charge is -2.24. The first-order valence-corrected chi connectivity index (χ1v) is 44.4. The molecule has 11 heterocycles. The van der Waals surface area contributed by atoms with Crippen LogP contribution in [0.1, 0.15) is 327 Å². The lowest BCUT2D eigenvalue weighted by molar-refractivity contribution is -0.752. The quantitative estimate of drug-likeness (QED) is 0.0715. The smallest absolute Gasteiger partial charge is 0.437 e. The molecule has 12 rings (SSSR count). The molecule has 2 aliphatic heterocycles. The third-order valence-corrected chi connectivity index (χ3v) is 21.7. The first kappa shape index (κ1) is 108. The minimum absolute atomic E-state index is 0.0104. The van der Waals surface area contributed by atoms with Gasteiger partial charge in [-0.05, 0) is 161 Å². The number of benzene rings is 1. The number of aromatic amines is 1. The molecular weight excluding hydrogens is 1620 g/mol. The summed E-state index contributed by atoms with van der Waals surface area (Å²) in [5.74, 6) is 0.360. The zero-order valence-electron chi connectivity index (χ0n) is 83.0. The highest BCUT2D eigenvalue weighted by Crippen LogP contribution is 2.37. The van der Waals surface area contributed by atoms with Crippen LogP contribution >= 0.6 is 0 Å². The van der Waals surface area contributed by atoms with Crippen molar-refractivity contribution in [2.45, 2.75) is 339 Å². The third kappa shape index (κ3) is 34.7. The zero-order chi connectivity index (χ0) is 96.0. The SMILES string of the molecule is CC(C(=O)O)n1cc(C(C)(C)C)cn1.CC(C)(C)OC(=O)N1CCC(n2cc(C(C)(C)C)cn2)C1.CC(C)(C)c1cnn(-c2ccccn2)c1.CC(C)(C)c1cnn(C2CCCOC2)c1.CC(C)C(C)n1cc(C(C)(C)C)cn1.CC(c1ccccc1)n1cc(C(C)(C)C)cn1.COCC[n+]1cc(C(C)(C)C)c(C(F)(F)F)[nH]1.COCCn1ncc(C(C)(C)C)c1F. The van der Waals surface area contributed by atoms with Crippen molar-refractivity contribution in [3.05, 3.63) is 203 Å². The maximum absolute atomic E-state index is 13.7. The molecule has 2 N–H and O–H groups in total. The molecule has 0 bridgehead atoms. The summed E-state index contributed by atoms with van der Waals surface area (Å²) >= 11 is 0. The predicted molar refractivity (Wildman–Crippen MR) is 497 cm³/mol. The van der Waals surface area contributed by atoms with Gasteiger partial charge in [-0.25, -0.2) is 23.9 Å². The van der Waals surface area contributed by atoms with Crippen molar-refractivity contribution in [2.24, 2.45) is 5.92 Å². The van der Waals surface area contributed by atoms with Gasteiger partial charge < -0.3 is 29.0 Å². The number of amides is 1. The number of pyridine rings is 1. The first-order valence-electron chi connectivity index (χ1n) is 44.4. The summed E-state index contributed by atoms with van der Waals surface area (Å²) in [6.07, 6.45) is 27.4. The Morgan fingerprint density at radius 1 is 0.535 bits per heavy atom. The maximum Gasteiger partial charge on any atom is 0.437 e. The number of aliphatic carboxylic acids is 1. The third-order valence-electron chi connectivity index (χ3n) is 21.7. The van der Waals surface area contributed by atoms with Crippen LogP contribution in [0.3, 0.4) is 0 Å². The number of hydrogen-bond acceptors (Lipinski definition) is 14. The summed E-state index contributed by atoms with van der Waals surface area (Å²) in [7, 11) is 3.10. The molecule has 706 valence electrons. The molecule has 0 aliphatic carbocycles. The van der Waals surface area contributed by atoms with Crippen LogP contribution in [0.15, 0.2) is 141 Å². The van der Waals surface area contributed by atoms with Crippen LogP contribution in [0.2, 0.25) is 0 Å². The number of hydrogen-bond donors (Lipinski definition) is 2. The molecule has 5 unspecified atom stereocenters. The number of halogens is 4. The van der Waals surface area contributed by atoms with Gasteiger partial charge in [-0.3, -0.25) is 23.4 Å². The maximum atomic E-state index is 13.7. The number of carboxylic acid groups (broad SMARTS) is 1. The normalized spacial score (nSPS) is 15.5. The van der Waals surface area contributed by atoms with Gasteiger partial charge in [0.15, 0.2) is 24.3 Å². The lowest BCUT2D eigenvalue weighted by Crippen LogP contribution is -2.37. The summed E-state index contributed by atoms with van der Waals surface area (Å²) in [6, 6.07) is 17.1. The molecule has 29 heteroatoms. The summed E-state index contributed by atoms with van der Waals surface area (Å²) < 4.78 is 87.0. The highest BCUT2D eigenvalue weighted by Gasteiger charge is 2.42. The lowest BCUT2D eigenvalue weighted by atomic mass is 9.87. The Morgan fingerprint density at radius 2 is 1.00 bits per heavy atom. The molecule has 0 spiro atoms. The van der Waals surface area contributed by atoms with Crippen molar-refractivity contribution >= 4 is 12.1 Å². The van der Waals surface area contributed by atoms with Crippen LogP contribution in [-0.4, -0.2) is 160 Å². The predicted octanol–water partition coefficient (Wildman–Crippen LogP) is 21.7. The largest absolute Gasteiger partial charge is 0.480 e. The van der Waals surface area contributed by atoms with Gasteiger partial charge in [-0.1, -0.05) is 216 Å². The molecule has 2 aliphatic rings. The van der Waals surface area contributed by atoms with Crippen LogP contribution in [-0.2, 0) is 86.3 Å². The van der Waals surface area contributed by atoms with E-state index >= 15 is 0 Å². The Balaban J connectivity index is 0.000000258. The number of alkyl halides is 3. The van der Waals surface area contributed by atoms with Gasteiger partial charge in [0.05, 0.1) is 92.9 Å². The molecule has 0 saturated carbocycles. The molecule has 1 aromatic carbocycles. The Hall–Kier alpha value is -9.61. The number of likely N-dealkylation sites (tertiary alicyclic amines) is 1. The van der Waals surface area contributed by atoms with Gasteiger partial charge >= 0.3 is 18.2 Å². The van der Waals surface area contributed by atoms with Crippen LogP contribution in [0, 0.1) is 11.9 Å². The van der Waals surface area contributed by atoms with E-state index in [1.54, 1.807) is 69.2 Å². The van der Waals surface area contributed by atoms with Crippen molar-refractivity contribution in [1.29, 1.82) is 0 Å². The van der Waals surface area contributed by atoms with Gasteiger partial charge in [-0.15, -0.1) is 4.68 Å². The van der Waals surface area contributed by atoms with E-state index in [0.717, 1.165) is 44.0 Å². The highest BCUT2D eigenvalue weighted by atomic mass is 19.4. The van der Waals surface area contributed by atoms with Crippen LogP contribution in [0.4, 0.5) is 22.4 Å². The molecule has 9 aromatic heterocycles. The minimum atomic E-state index is -4.36. The second-order valence-electron chi connectivity index (χ2n) is 42.5. The Kier molecular flexibility index (Phi) is 38.7. The highest BCUT2D eigenvalue weighted by molar-refractivity contribution is 5.71. The van der Waals surface area contributed by atoms with Crippen molar-refractivity contribution in [1.82, 2.24) is 83.4 Å². The topological polar surface area (TPSA) is 252 Å². The van der Waals surface area contributed by atoms with Crippen LogP contribution in [0.25, 0.3) is 5.82 Å². The number of ether oxygens (including phenoxy) is 4. The molecule has 10 aromatic rings. The fraction of sp³-hybridized carbons (Fsp3) is 0.622. The first-order chi connectivity index (χ1) is 58.5. The van der Waals surface area contributed by atoms with E-state index < -0.39 is 34.9 Å². The van der Waals surface area contributed by atoms with E-state index in [1.165, 1.54) is 67.2 Å². The minimum Gasteiger partial charge on any atom is -0.480 e. The zero-order valence-corrected chi connectivity index (χ0v) is 83.0. The molecular formula is C98H155F4N18O7+. The number of rotatable bonds is 15. The standard InChI is InChI=1S/C16H27N3O2.C15H20N2.C12H15N3.C12H20N2O.C12H22N2.C11H17F3N2O.C10H17FN2O.C10H16N2O2/c1-15(2,3)12-9-17-19(10-12)13-7-8-18(11-13)14(20)21-16(4,5)6;1-12(13-8-6-5-7-9-13)17-11-14(10-16-17)15(2,3)4;1-12(2,3)10-8-14-15(9-10)11-6-4-5-7-13-11;1-12(2,3)10-7-13-14(8-10)11-5-4-6-15-9-11;1-9(2)10(3)14-8-11(7-13-14)12(4,5)6;1-10(2,3)8-7-16(5-6-17-4)15-9(8)11(12,13)14;1-10(2,3)8-7-12-13(9(8)11)5-6-14-4;1-7(9(13)14)12-6-8(5-11-12)10(2,3)4/h9-10,13H,7-8,11H2,1-6H3;5-12H,1-4H3;4-9H,1-3H3;7-8,11H,4-6,9H2,1-3H3;7-10H,1-6H3;7H,5-6H2,1-4H3;7H,5-6H2,1-4H3;5-7H,1-4H3,(H,13,14)/p+1. The number of carbonyl (C=O) groups excluding carboxylic acids is 1. The van der Waals surface area contributed by atoms with Gasteiger partial charge in [0.25, 0.3) is 0 Å². The second-order valence-corrected chi connectivity index (χ2v) is 42.5. The number of carboxylic acids is 1. The van der Waals surface area contributed by atoms with Gasteiger partial charge in [-0.2, -0.15) is 58.4 Å². The summed E-state index contributed by atoms with van der Waals surface area (Å²) in [5, 5.41) is 41.3. The number of nitrogens with zero attached hydrogens (tertiary/aromatic N) is 17. The van der Waals surface area contributed by atoms with E-state index in [1.807, 2.05) is 112 Å². The number of aromatic nitrogens is 17. The number of carbonyl (C=O) groups is 2. The summed E-state index contributed by atoms with van der Waals surface area (Å²) in [5.41, 5.74) is 8.49. The number of methoxy groups -OCH3 is 2. The van der Waals surface area contributed by atoms with E-state index in [9.17, 15) is 27.2 Å².